The molecular weight excluding hydrogens is 513 g/mol. The van der Waals surface area contributed by atoms with Crippen LogP contribution in [0.4, 0.5) is 0 Å². The van der Waals surface area contributed by atoms with E-state index in [2.05, 4.69) is 46.1 Å². The Labute approximate surface area is 199 Å². The van der Waals surface area contributed by atoms with E-state index >= 15 is 0 Å². The number of amides is 1. The Morgan fingerprint density at radius 1 is 1.37 bits per heavy atom. The smallest absolute Gasteiger partial charge is 0.224 e. The molecule has 30 heavy (non-hydrogen) atoms. The lowest BCUT2D eigenvalue weighted by Crippen LogP contribution is -2.40. The van der Waals surface area contributed by atoms with Gasteiger partial charge in [-0.1, -0.05) is 19.0 Å². The van der Waals surface area contributed by atoms with Gasteiger partial charge in [-0.05, 0) is 36.3 Å². The van der Waals surface area contributed by atoms with E-state index in [1.54, 1.807) is 18.4 Å². The van der Waals surface area contributed by atoms with E-state index in [-0.39, 0.29) is 29.9 Å². The third kappa shape index (κ3) is 6.44. The van der Waals surface area contributed by atoms with Gasteiger partial charge in [0.05, 0.1) is 12.2 Å². The molecule has 2 aromatic heterocycles. The summed E-state index contributed by atoms with van der Waals surface area (Å²) >= 11 is 1.79. The molecule has 0 fully saturated rings. The molecule has 1 amide bonds. The summed E-state index contributed by atoms with van der Waals surface area (Å²) in [5.41, 5.74) is 2.30. The second-order valence-corrected chi connectivity index (χ2v) is 8.27. The summed E-state index contributed by atoms with van der Waals surface area (Å²) in [6, 6.07) is 4.14. The summed E-state index contributed by atoms with van der Waals surface area (Å²) in [6.07, 6.45) is 3.52. The van der Waals surface area contributed by atoms with Crippen molar-refractivity contribution in [3.63, 3.8) is 0 Å². The Kier molecular flexibility index (Phi) is 10.1. The van der Waals surface area contributed by atoms with Crippen LogP contribution in [0.2, 0.25) is 0 Å². The van der Waals surface area contributed by atoms with Gasteiger partial charge in [-0.25, -0.2) is 0 Å². The maximum Gasteiger partial charge on any atom is 0.224 e. The minimum absolute atomic E-state index is 0. The van der Waals surface area contributed by atoms with Crippen molar-refractivity contribution in [3.05, 3.63) is 39.4 Å². The quantitative estimate of drug-likeness (QED) is 0.299. The summed E-state index contributed by atoms with van der Waals surface area (Å²) < 4.78 is 5.43. The number of nitrogens with zero attached hydrogens (tertiary/aromatic N) is 3. The molecule has 0 saturated carbocycles. The van der Waals surface area contributed by atoms with Crippen molar-refractivity contribution in [1.82, 2.24) is 20.7 Å². The molecule has 0 unspecified atom stereocenters. The van der Waals surface area contributed by atoms with Crippen LogP contribution in [-0.4, -0.2) is 42.1 Å². The van der Waals surface area contributed by atoms with Crippen LogP contribution >= 0.6 is 35.3 Å². The third-order valence-electron chi connectivity index (χ3n) is 5.43. The van der Waals surface area contributed by atoms with Crippen LogP contribution in [0.15, 0.2) is 27.0 Å². The SMILES string of the molecule is CCC(CC)c1cc(CNC(=NC)NCCC(=O)N2CCc3sccc3C2)on1.I. The fourth-order valence-corrected chi connectivity index (χ4v) is 4.50. The summed E-state index contributed by atoms with van der Waals surface area (Å²) in [6.45, 7) is 6.92. The highest BCUT2D eigenvalue weighted by Gasteiger charge is 2.21. The first-order valence-electron chi connectivity index (χ1n) is 10.4. The number of hydrogen-bond donors (Lipinski definition) is 2. The minimum Gasteiger partial charge on any atom is -0.359 e. The molecule has 7 nitrogen and oxygen atoms in total. The normalized spacial score (nSPS) is 13.7. The summed E-state index contributed by atoms with van der Waals surface area (Å²) in [5.74, 6) is 2.05. The molecule has 2 aromatic rings. The molecule has 0 atom stereocenters. The number of fused-ring (bicyclic) bond motifs is 1. The zero-order valence-electron chi connectivity index (χ0n) is 17.9. The van der Waals surface area contributed by atoms with Gasteiger partial charge in [0, 0.05) is 50.0 Å². The molecule has 1 aliphatic rings. The second-order valence-electron chi connectivity index (χ2n) is 7.27. The predicted molar refractivity (Wildman–Crippen MR) is 131 cm³/mol. The number of rotatable bonds is 8. The first kappa shape index (κ1) is 24.6. The van der Waals surface area contributed by atoms with Crippen molar-refractivity contribution in [2.75, 3.05) is 20.1 Å². The van der Waals surface area contributed by atoms with Gasteiger partial charge in [-0.15, -0.1) is 35.3 Å². The van der Waals surface area contributed by atoms with Gasteiger partial charge in [0.15, 0.2) is 11.7 Å². The number of carbonyl (C=O) groups is 1. The number of hydrogen-bond acceptors (Lipinski definition) is 5. The fraction of sp³-hybridized carbons (Fsp3) is 0.571. The highest BCUT2D eigenvalue weighted by molar-refractivity contribution is 14.0. The fourth-order valence-electron chi connectivity index (χ4n) is 3.61. The zero-order valence-corrected chi connectivity index (χ0v) is 21.1. The maximum atomic E-state index is 12.5. The number of halogens is 1. The number of thiophene rings is 1. The van der Waals surface area contributed by atoms with Crippen LogP contribution in [0.1, 0.15) is 60.9 Å². The second kappa shape index (κ2) is 12.3. The summed E-state index contributed by atoms with van der Waals surface area (Å²) in [5, 5.41) is 12.7. The molecule has 0 radical (unpaired) electrons. The Bertz CT molecular complexity index is 831. The first-order chi connectivity index (χ1) is 14.1. The lowest BCUT2D eigenvalue weighted by atomic mass is 9.99. The van der Waals surface area contributed by atoms with E-state index in [4.69, 9.17) is 4.52 Å². The van der Waals surface area contributed by atoms with Gasteiger partial charge in [-0.2, -0.15) is 0 Å². The Morgan fingerprint density at radius 2 is 2.17 bits per heavy atom. The molecule has 166 valence electrons. The molecule has 0 aromatic carbocycles. The van der Waals surface area contributed by atoms with Gasteiger partial charge in [0.2, 0.25) is 5.91 Å². The standard InChI is InChI=1S/C21H31N5O2S.HI/c1-4-15(5-2)18-12-17(28-25-18)13-24-21(22-3)23-9-6-20(27)26-10-7-19-16(14-26)8-11-29-19;/h8,11-12,15H,4-7,9-10,13-14H2,1-3H3,(H2,22,23,24);1H. The molecule has 9 heteroatoms. The van der Waals surface area contributed by atoms with Crippen molar-refractivity contribution in [2.24, 2.45) is 4.99 Å². The Balaban J connectivity index is 0.00000320. The molecule has 0 spiro atoms. The average Bonchev–Trinajstić information content (AvgIpc) is 3.40. The summed E-state index contributed by atoms with van der Waals surface area (Å²) in [4.78, 5) is 20.1. The van der Waals surface area contributed by atoms with Crippen LogP contribution < -0.4 is 10.6 Å². The van der Waals surface area contributed by atoms with E-state index in [1.165, 1.54) is 10.4 Å². The molecule has 0 saturated heterocycles. The van der Waals surface area contributed by atoms with E-state index in [0.717, 1.165) is 43.8 Å². The maximum absolute atomic E-state index is 12.5. The van der Waals surface area contributed by atoms with Crippen molar-refractivity contribution in [2.45, 2.75) is 58.5 Å². The van der Waals surface area contributed by atoms with Gasteiger partial charge < -0.3 is 20.1 Å². The third-order valence-corrected chi connectivity index (χ3v) is 6.45. The number of carbonyl (C=O) groups excluding carboxylic acids is 1. The van der Waals surface area contributed by atoms with Gasteiger partial charge in [0.25, 0.3) is 0 Å². The lowest BCUT2D eigenvalue weighted by Gasteiger charge is -2.27. The Morgan fingerprint density at radius 3 is 2.90 bits per heavy atom. The van der Waals surface area contributed by atoms with Gasteiger partial charge in [0.1, 0.15) is 0 Å². The number of aliphatic imine (C=N–C) groups is 1. The van der Waals surface area contributed by atoms with Crippen molar-refractivity contribution in [3.8, 4) is 0 Å². The Hall–Kier alpha value is -1.62. The molecule has 2 N–H and O–H groups in total. The molecule has 1 aliphatic heterocycles. The van der Waals surface area contributed by atoms with E-state index in [9.17, 15) is 4.79 Å². The molecular formula is C21H32IN5O2S. The van der Waals surface area contributed by atoms with Crippen molar-refractivity contribution in [1.29, 1.82) is 0 Å². The van der Waals surface area contributed by atoms with Gasteiger partial charge in [-0.3, -0.25) is 9.79 Å². The number of aromatic nitrogens is 1. The van der Waals surface area contributed by atoms with Gasteiger partial charge >= 0.3 is 0 Å². The minimum atomic E-state index is 0. The molecule has 3 heterocycles. The highest BCUT2D eigenvalue weighted by atomic mass is 127. The first-order valence-corrected chi connectivity index (χ1v) is 11.3. The van der Waals surface area contributed by atoms with E-state index < -0.39 is 0 Å². The summed E-state index contributed by atoms with van der Waals surface area (Å²) in [7, 11) is 1.72. The van der Waals surface area contributed by atoms with Crippen LogP contribution in [0, 0.1) is 0 Å². The average molecular weight is 545 g/mol. The molecule has 0 aliphatic carbocycles. The topological polar surface area (TPSA) is 82.8 Å². The van der Waals surface area contributed by atoms with E-state index in [1.807, 2.05) is 11.0 Å². The number of nitrogens with one attached hydrogen (secondary N) is 2. The van der Waals surface area contributed by atoms with Crippen LogP contribution in [0.3, 0.4) is 0 Å². The molecule has 3 rings (SSSR count). The van der Waals surface area contributed by atoms with E-state index in [0.29, 0.717) is 31.4 Å². The van der Waals surface area contributed by atoms with Crippen molar-refractivity contribution >= 4 is 47.2 Å². The largest absolute Gasteiger partial charge is 0.359 e. The monoisotopic (exact) mass is 545 g/mol. The lowest BCUT2D eigenvalue weighted by molar-refractivity contribution is -0.131. The highest BCUT2D eigenvalue weighted by Crippen LogP contribution is 2.24. The predicted octanol–water partition coefficient (Wildman–Crippen LogP) is 3.90. The van der Waals surface area contributed by atoms with Crippen LogP contribution in [0.5, 0.6) is 0 Å². The van der Waals surface area contributed by atoms with Crippen LogP contribution in [-0.2, 0) is 24.3 Å². The zero-order chi connectivity index (χ0) is 20.6. The van der Waals surface area contributed by atoms with Crippen LogP contribution in [0.25, 0.3) is 0 Å². The van der Waals surface area contributed by atoms with Crippen molar-refractivity contribution < 1.29 is 9.32 Å². The molecule has 0 bridgehead atoms. The number of guanidine groups is 1.